The van der Waals surface area contributed by atoms with Gasteiger partial charge in [-0.25, -0.2) is 9.36 Å². The first-order valence-electron chi connectivity index (χ1n) is 10.6. The summed E-state index contributed by atoms with van der Waals surface area (Å²) in [5, 5.41) is 17.1. The van der Waals surface area contributed by atoms with Gasteiger partial charge < -0.3 is 14.4 Å². The minimum absolute atomic E-state index is 0.227. The van der Waals surface area contributed by atoms with E-state index in [4.69, 9.17) is 9.47 Å². The number of pyridine rings is 1. The second-order valence-corrected chi connectivity index (χ2v) is 7.74. The van der Waals surface area contributed by atoms with E-state index in [0.29, 0.717) is 41.9 Å². The molecule has 0 aliphatic carbocycles. The van der Waals surface area contributed by atoms with Gasteiger partial charge in [0.05, 0.1) is 53.6 Å². The molecule has 33 heavy (non-hydrogen) atoms. The van der Waals surface area contributed by atoms with Crippen molar-refractivity contribution < 1.29 is 14.3 Å². The van der Waals surface area contributed by atoms with Gasteiger partial charge in [-0.1, -0.05) is 0 Å². The van der Waals surface area contributed by atoms with E-state index in [1.54, 1.807) is 40.8 Å². The largest absolute Gasteiger partial charge is 0.478 e. The van der Waals surface area contributed by atoms with Gasteiger partial charge in [-0.3, -0.25) is 14.9 Å². The Hall–Kier alpha value is -4.15. The quantitative estimate of drug-likeness (QED) is 0.499. The Bertz CT molecular complexity index is 1380. The van der Waals surface area contributed by atoms with E-state index in [1.807, 2.05) is 32.2 Å². The zero-order chi connectivity index (χ0) is 23.1. The summed E-state index contributed by atoms with van der Waals surface area (Å²) in [5.74, 6) is 0.872. The molecule has 0 spiro atoms. The third-order valence-electron chi connectivity index (χ3n) is 5.57. The third kappa shape index (κ3) is 3.51. The SMILES string of the molecule is CCOc1c2c(nn1C)C(=O)N(C)CCOc1c(cnn1C)-c1cc3c(n[nH]c3cn1)/C=C/2. The Labute approximate surface area is 189 Å². The number of amides is 1. The maximum absolute atomic E-state index is 13.3. The topological polar surface area (TPSA) is 116 Å². The number of aromatic nitrogens is 7. The molecule has 170 valence electrons. The first kappa shape index (κ1) is 20.7. The summed E-state index contributed by atoms with van der Waals surface area (Å²) in [6.45, 7) is 2.99. The van der Waals surface area contributed by atoms with Crippen molar-refractivity contribution in [2.45, 2.75) is 6.92 Å². The molecule has 0 saturated heterocycles. The van der Waals surface area contributed by atoms with Crippen molar-refractivity contribution in [3.8, 4) is 23.0 Å². The average molecular weight is 448 g/mol. The number of carbonyl (C=O) groups excluding carboxylic acids is 1. The molecule has 11 nitrogen and oxygen atoms in total. The molecule has 0 atom stereocenters. The van der Waals surface area contributed by atoms with Crippen LogP contribution in [0.25, 0.3) is 34.3 Å². The molecule has 1 aliphatic heterocycles. The highest BCUT2D eigenvalue weighted by atomic mass is 16.5. The maximum Gasteiger partial charge on any atom is 0.274 e. The van der Waals surface area contributed by atoms with E-state index in [-0.39, 0.29) is 12.5 Å². The molecule has 2 bridgehead atoms. The van der Waals surface area contributed by atoms with E-state index >= 15 is 0 Å². The van der Waals surface area contributed by atoms with Crippen LogP contribution < -0.4 is 9.47 Å². The number of rotatable bonds is 2. The number of nitrogens with zero attached hydrogens (tertiary/aromatic N) is 7. The number of carbonyl (C=O) groups is 1. The molecule has 0 aromatic carbocycles. The van der Waals surface area contributed by atoms with E-state index in [0.717, 1.165) is 22.2 Å². The van der Waals surface area contributed by atoms with Gasteiger partial charge >= 0.3 is 0 Å². The Morgan fingerprint density at radius 1 is 1.18 bits per heavy atom. The van der Waals surface area contributed by atoms with Gasteiger partial charge in [0.2, 0.25) is 11.8 Å². The van der Waals surface area contributed by atoms with Crippen molar-refractivity contribution in [3.63, 3.8) is 0 Å². The van der Waals surface area contributed by atoms with Crippen LogP contribution in [-0.2, 0) is 14.1 Å². The number of fused-ring (bicyclic) bond motifs is 4. The predicted octanol–water partition coefficient (Wildman–Crippen LogP) is 2.13. The van der Waals surface area contributed by atoms with Crippen LogP contribution in [0.15, 0.2) is 18.5 Å². The number of nitrogens with one attached hydrogen (secondary N) is 1. The molecule has 1 aliphatic rings. The number of likely N-dealkylation sites (N-methyl/N-ethyl adjacent to an activating group) is 1. The fraction of sp³-hybridized carbons (Fsp3) is 0.318. The number of aryl methyl sites for hydroxylation is 2. The average Bonchev–Trinajstić information content (AvgIpc) is 3.47. The lowest BCUT2D eigenvalue weighted by Crippen LogP contribution is -2.31. The second kappa shape index (κ2) is 8.08. The Balaban J connectivity index is 1.70. The smallest absolute Gasteiger partial charge is 0.274 e. The molecule has 1 N–H and O–H groups in total. The highest BCUT2D eigenvalue weighted by molar-refractivity contribution is 5.99. The van der Waals surface area contributed by atoms with Crippen LogP contribution in [-0.4, -0.2) is 72.4 Å². The van der Waals surface area contributed by atoms with Crippen LogP contribution in [0.1, 0.15) is 28.7 Å². The van der Waals surface area contributed by atoms with Crippen LogP contribution in [0.5, 0.6) is 11.8 Å². The minimum atomic E-state index is -0.227. The summed E-state index contributed by atoms with van der Waals surface area (Å²) in [6, 6.07) is 1.95. The lowest BCUT2D eigenvalue weighted by molar-refractivity contribution is 0.0765. The van der Waals surface area contributed by atoms with Crippen LogP contribution >= 0.6 is 0 Å². The van der Waals surface area contributed by atoms with Crippen molar-refractivity contribution >= 4 is 29.0 Å². The van der Waals surface area contributed by atoms with Crippen LogP contribution in [0, 0.1) is 0 Å². The van der Waals surface area contributed by atoms with E-state index in [1.165, 1.54) is 0 Å². The summed E-state index contributed by atoms with van der Waals surface area (Å²) in [7, 11) is 5.28. The maximum atomic E-state index is 13.3. The summed E-state index contributed by atoms with van der Waals surface area (Å²) < 4.78 is 15.1. The van der Waals surface area contributed by atoms with Crippen LogP contribution in [0.4, 0.5) is 0 Å². The molecular formula is C22H24N8O3. The molecule has 5 heterocycles. The highest BCUT2D eigenvalue weighted by Crippen LogP contribution is 2.32. The van der Waals surface area contributed by atoms with Crippen molar-refractivity contribution in [2.24, 2.45) is 14.1 Å². The van der Waals surface area contributed by atoms with Crippen molar-refractivity contribution in [1.82, 2.24) is 39.6 Å². The molecule has 1 amide bonds. The highest BCUT2D eigenvalue weighted by Gasteiger charge is 2.25. The minimum Gasteiger partial charge on any atom is -0.478 e. The van der Waals surface area contributed by atoms with Gasteiger partial charge in [0.15, 0.2) is 5.69 Å². The monoisotopic (exact) mass is 448 g/mol. The first-order chi connectivity index (χ1) is 16.0. The first-order valence-corrected chi connectivity index (χ1v) is 10.6. The number of ether oxygens (including phenoxy) is 2. The molecule has 11 heteroatoms. The van der Waals surface area contributed by atoms with Gasteiger partial charge in [0, 0.05) is 26.5 Å². The zero-order valence-corrected chi connectivity index (χ0v) is 18.9. The number of aromatic amines is 1. The predicted molar refractivity (Wildman–Crippen MR) is 122 cm³/mol. The van der Waals surface area contributed by atoms with Gasteiger partial charge in [-0.05, 0) is 25.1 Å². The zero-order valence-electron chi connectivity index (χ0n) is 18.9. The molecule has 4 aromatic rings. The molecule has 5 rings (SSSR count). The van der Waals surface area contributed by atoms with Gasteiger partial charge in [-0.2, -0.15) is 15.3 Å². The van der Waals surface area contributed by atoms with Gasteiger partial charge in [0.1, 0.15) is 6.61 Å². The molecule has 4 aromatic heterocycles. The summed E-state index contributed by atoms with van der Waals surface area (Å²) >= 11 is 0. The second-order valence-electron chi connectivity index (χ2n) is 7.74. The summed E-state index contributed by atoms with van der Waals surface area (Å²) in [5.41, 5.74) is 3.89. The number of hydrogen-bond acceptors (Lipinski definition) is 7. The lowest BCUT2D eigenvalue weighted by atomic mass is 10.1. The number of hydrogen-bond donors (Lipinski definition) is 1. The molecule has 0 saturated carbocycles. The lowest BCUT2D eigenvalue weighted by Gasteiger charge is -2.17. The summed E-state index contributed by atoms with van der Waals surface area (Å²) in [4.78, 5) is 19.4. The summed E-state index contributed by atoms with van der Waals surface area (Å²) in [6.07, 6.45) is 7.13. The molecular weight excluding hydrogens is 424 g/mol. The van der Waals surface area contributed by atoms with Gasteiger partial charge in [0.25, 0.3) is 5.91 Å². The van der Waals surface area contributed by atoms with Crippen molar-refractivity contribution in [1.29, 1.82) is 0 Å². The van der Waals surface area contributed by atoms with E-state index in [2.05, 4.69) is 25.4 Å². The number of H-pyrrole nitrogens is 1. The Morgan fingerprint density at radius 3 is 2.85 bits per heavy atom. The standard InChI is InChI=1S/C22H24N8O3/c1-5-32-21-13-6-7-16-14-10-17(23-12-18(14)26-25-16)15-11-24-29(3)22(15)33-9-8-28(2)20(31)19(13)27-30(21)4/h6-7,10-12H,5,8-9H2,1-4H3,(H,25,26)/b7-6+. The molecule has 0 radical (unpaired) electrons. The van der Waals surface area contributed by atoms with Crippen molar-refractivity contribution in [3.05, 3.63) is 35.4 Å². The van der Waals surface area contributed by atoms with E-state index in [9.17, 15) is 4.79 Å². The normalized spacial score (nSPS) is 15.0. The Kier molecular flexibility index (Phi) is 5.08. The van der Waals surface area contributed by atoms with Crippen molar-refractivity contribution in [2.75, 3.05) is 26.8 Å². The third-order valence-corrected chi connectivity index (χ3v) is 5.57. The fourth-order valence-corrected chi connectivity index (χ4v) is 3.85. The fourth-order valence-electron chi connectivity index (χ4n) is 3.85. The van der Waals surface area contributed by atoms with Gasteiger partial charge in [-0.15, -0.1) is 0 Å². The molecule has 0 unspecified atom stereocenters. The molecule has 0 fully saturated rings. The Morgan fingerprint density at radius 2 is 2.03 bits per heavy atom. The van der Waals surface area contributed by atoms with Crippen LogP contribution in [0.3, 0.4) is 0 Å². The van der Waals surface area contributed by atoms with E-state index < -0.39 is 0 Å². The van der Waals surface area contributed by atoms with Crippen LogP contribution in [0.2, 0.25) is 0 Å².